The second-order valence-corrected chi connectivity index (χ2v) is 3.94. The summed E-state index contributed by atoms with van der Waals surface area (Å²) >= 11 is 6.08. The Morgan fingerprint density at radius 1 is 1.40 bits per heavy atom. The molecule has 0 unspecified atom stereocenters. The molecule has 0 radical (unpaired) electrons. The van der Waals surface area contributed by atoms with Crippen molar-refractivity contribution in [2.45, 2.75) is 6.42 Å². The number of hydrogen-bond acceptors (Lipinski definition) is 2. The Morgan fingerprint density at radius 2 is 2.27 bits per heavy atom. The molecule has 1 aromatic carbocycles. The first-order chi connectivity index (χ1) is 7.31. The monoisotopic (exact) mass is 223 g/mol. The van der Waals surface area contributed by atoms with Crippen molar-refractivity contribution in [3.63, 3.8) is 0 Å². The van der Waals surface area contributed by atoms with Crippen LogP contribution in [0.25, 0.3) is 5.57 Å². The summed E-state index contributed by atoms with van der Waals surface area (Å²) in [5, 5.41) is 3.96. The van der Waals surface area contributed by atoms with Crippen molar-refractivity contribution in [1.82, 2.24) is 5.32 Å². The first-order valence-corrected chi connectivity index (χ1v) is 5.42. The highest BCUT2D eigenvalue weighted by Crippen LogP contribution is 2.29. The maximum Gasteiger partial charge on any atom is 0.137 e. The van der Waals surface area contributed by atoms with Gasteiger partial charge in [-0.25, -0.2) is 0 Å². The predicted molar refractivity (Wildman–Crippen MR) is 63.5 cm³/mol. The predicted octanol–water partition coefficient (Wildman–Crippen LogP) is 2.73. The van der Waals surface area contributed by atoms with E-state index in [0.717, 1.165) is 25.3 Å². The highest BCUT2D eigenvalue weighted by Gasteiger charge is 2.08. The molecule has 0 fully saturated rings. The molecule has 1 aliphatic heterocycles. The van der Waals surface area contributed by atoms with Crippen LogP contribution in [-0.2, 0) is 0 Å². The molecule has 1 N–H and O–H groups in total. The third kappa shape index (κ3) is 2.33. The smallest absolute Gasteiger partial charge is 0.137 e. The van der Waals surface area contributed by atoms with Gasteiger partial charge in [0.2, 0.25) is 0 Å². The first kappa shape index (κ1) is 10.5. The van der Waals surface area contributed by atoms with Gasteiger partial charge in [0.1, 0.15) is 5.75 Å². The van der Waals surface area contributed by atoms with Gasteiger partial charge in [-0.15, -0.1) is 0 Å². The number of hydrogen-bond donors (Lipinski definition) is 1. The van der Waals surface area contributed by atoms with Gasteiger partial charge in [-0.3, -0.25) is 0 Å². The molecule has 1 aliphatic rings. The van der Waals surface area contributed by atoms with E-state index < -0.39 is 0 Å². The van der Waals surface area contributed by atoms with Gasteiger partial charge in [0.15, 0.2) is 0 Å². The van der Waals surface area contributed by atoms with Gasteiger partial charge in [0.25, 0.3) is 0 Å². The van der Waals surface area contributed by atoms with Crippen LogP contribution in [0.15, 0.2) is 24.3 Å². The number of benzene rings is 1. The molecular formula is C12H14ClNO. The Kier molecular flexibility index (Phi) is 3.29. The molecular weight excluding hydrogens is 210 g/mol. The zero-order valence-electron chi connectivity index (χ0n) is 8.72. The van der Waals surface area contributed by atoms with E-state index in [0.29, 0.717) is 5.02 Å². The molecule has 0 bridgehead atoms. The number of halogens is 1. The van der Waals surface area contributed by atoms with Gasteiger partial charge >= 0.3 is 0 Å². The van der Waals surface area contributed by atoms with Crippen LogP contribution in [0, 0.1) is 0 Å². The lowest BCUT2D eigenvalue weighted by molar-refractivity contribution is 0.415. The molecule has 1 aromatic rings. The topological polar surface area (TPSA) is 21.3 Å². The van der Waals surface area contributed by atoms with E-state index in [1.807, 2.05) is 12.1 Å². The van der Waals surface area contributed by atoms with E-state index in [1.165, 1.54) is 11.1 Å². The van der Waals surface area contributed by atoms with Crippen LogP contribution in [0.1, 0.15) is 12.0 Å². The Bertz CT molecular complexity index is 387. The van der Waals surface area contributed by atoms with E-state index >= 15 is 0 Å². The van der Waals surface area contributed by atoms with Crippen LogP contribution in [0.3, 0.4) is 0 Å². The highest BCUT2D eigenvalue weighted by molar-refractivity contribution is 6.32. The fraction of sp³-hybridized carbons (Fsp3) is 0.333. The fourth-order valence-corrected chi connectivity index (χ4v) is 2.01. The minimum absolute atomic E-state index is 0.675. The molecule has 0 saturated heterocycles. The number of ether oxygens (including phenoxy) is 1. The normalized spacial score (nSPS) is 16.0. The van der Waals surface area contributed by atoms with Crippen LogP contribution in [0.2, 0.25) is 5.02 Å². The van der Waals surface area contributed by atoms with Crippen molar-refractivity contribution < 1.29 is 4.74 Å². The van der Waals surface area contributed by atoms with E-state index in [4.69, 9.17) is 16.3 Å². The zero-order chi connectivity index (χ0) is 10.7. The summed E-state index contributed by atoms with van der Waals surface area (Å²) in [5.41, 5.74) is 2.56. The Hall–Kier alpha value is -0.990. The number of rotatable bonds is 2. The van der Waals surface area contributed by atoms with Crippen molar-refractivity contribution in [3.05, 3.63) is 34.9 Å². The molecule has 0 spiro atoms. The average molecular weight is 224 g/mol. The van der Waals surface area contributed by atoms with Crippen LogP contribution in [0.5, 0.6) is 5.75 Å². The largest absolute Gasteiger partial charge is 0.495 e. The maximum absolute atomic E-state index is 6.08. The van der Waals surface area contributed by atoms with Crippen molar-refractivity contribution in [1.29, 1.82) is 0 Å². The summed E-state index contributed by atoms with van der Waals surface area (Å²) in [5.74, 6) is 0.731. The van der Waals surface area contributed by atoms with Crippen molar-refractivity contribution in [2.24, 2.45) is 0 Å². The fourth-order valence-electron chi connectivity index (χ4n) is 1.75. The first-order valence-electron chi connectivity index (χ1n) is 5.05. The van der Waals surface area contributed by atoms with Gasteiger partial charge in [0.05, 0.1) is 12.1 Å². The lowest BCUT2D eigenvalue weighted by Gasteiger charge is -2.15. The third-order valence-corrected chi connectivity index (χ3v) is 2.88. The Morgan fingerprint density at radius 3 is 2.87 bits per heavy atom. The Balaban J connectivity index is 2.29. The standard InChI is InChI=1S/C12H14ClNO/c1-15-12-3-2-10(8-11(12)13)9-4-6-14-7-5-9/h2-4,8,14H,5-7H2,1H3. The molecule has 2 rings (SSSR count). The molecule has 80 valence electrons. The van der Waals surface area contributed by atoms with E-state index in [-0.39, 0.29) is 0 Å². The lowest BCUT2D eigenvalue weighted by atomic mass is 10.0. The minimum atomic E-state index is 0.675. The molecule has 3 heteroatoms. The van der Waals surface area contributed by atoms with Gasteiger partial charge in [0, 0.05) is 6.54 Å². The van der Waals surface area contributed by atoms with Gasteiger partial charge < -0.3 is 10.1 Å². The molecule has 0 atom stereocenters. The summed E-state index contributed by atoms with van der Waals surface area (Å²) < 4.78 is 5.12. The molecule has 2 nitrogen and oxygen atoms in total. The number of nitrogens with one attached hydrogen (secondary N) is 1. The second kappa shape index (κ2) is 4.69. The van der Waals surface area contributed by atoms with Gasteiger partial charge in [-0.1, -0.05) is 23.7 Å². The molecule has 1 heterocycles. The lowest BCUT2D eigenvalue weighted by Crippen LogP contribution is -2.19. The minimum Gasteiger partial charge on any atom is -0.495 e. The van der Waals surface area contributed by atoms with Gasteiger partial charge in [-0.05, 0) is 36.2 Å². The van der Waals surface area contributed by atoms with Crippen molar-refractivity contribution in [2.75, 3.05) is 20.2 Å². The quantitative estimate of drug-likeness (QED) is 0.833. The van der Waals surface area contributed by atoms with E-state index in [1.54, 1.807) is 7.11 Å². The number of methoxy groups -OCH3 is 1. The van der Waals surface area contributed by atoms with E-state index in [2.05, 4.69) is 17.5 Å². The van der Waals surface area contributed by atoms with Gasteiger partial charge in [-0.2, -0.15) is 0 Å². The molecule has 0 aliphatic carbocycles. The SMILES string of the molecule is COc1ccc(C2=CCNCC2)cc1Cl. The van der Waals surface area contributed by atoms with Crippen LogP contribution in [-0.4, -0.2) is 20.2 Å². The third-order valence-electron chi connectivity index (χ3n) is 2.59. The molecule has 15 heavy (non-hydrogen) atoms. The summed E-state index contributed by atoms with van der Waals surface area (Å²) in [6, 6.07) is 5.94. The van der Waals surface area contributed by atoms with Crippen LogP contribution < -0.4 is 10.1 Å². The zero-order valence-corrected chi connectivity index (χ0v) is 9.47. The summed E-state index contributed by atoms with van der Waals surface area (Å²) in [6.07, 6.45) is 3.27. The van der Waals surface area contributed by atoms with Crippen LogP contribution in [0.4, 0.5) is 0 Å². The molecule has 0 amide bonds. The second-order valence-electron chi connectivity index (χ2n) is 3.53. The Labute approximate surface area is 94.9 Å². The average Bonchev–Trinajstić information content (AvgIpc) is 2.30. The van der Waals surface area contributed by atoms with Crippen molar-refractivity contribution in [3.8, 4) is 5.75 Å². The van der Waals surface area contributed by atoms with Crippen molar-refractivity contribution >= 4 is 17.2 Å². The maximum atomic E-state index is 6.08. The van der Waals surface area contributed by atoms with Crippen LogP contribution >= 0.6 is 11.6 Å². The summed E-state index contributed by atoms with van der Waals surface area (Å²) in [4.78, 5) is 0. The highest BCUT2D eigenvalue weighted by atomic mass is 35.5. The molecule has 0 saturated carbocycles. The summed E-state index contributed by atoms with van der Waals surface area (Å²) in [7, 11) is 1.63. The van der Waals surface area contributed by atoms with E-state index in [9.17, 15) is 0 Å². The molecule has 0 aromatic heterocycles. The summed E-state index contributed by atoms with van der Waals surface area (Å²) in [6.45, 7) is 1.98.